The lowest BCUT2D eigenvalue weighted by Crippen LogP contribution is -2.58. The van der Waals surface area contributed by atoms with Crippen molar-refractivity contribution in [3.8, 4) is 0 Å². The predicted octanol–water partition coefficient (Wildman–Crippen LogP) is 0.855. The minimum absolute atomic E-state index is 0.243. The van der Waals surface area contributed by atoms with Gasteiger partial charge in [0.1, 0.15) is 5.54 Å². The predicted molar refractivity (Wildman–Crippen MR) is 66.4 cm³/mol. The van der Waals surface area contributed by atoms with Crippen LogP contribution in [0.4, 0.5) is 0 Å². The molecule has 1 heterocycles. The van der Waals surface area contributed by atoms with Gasteiger partial charge in [-0.25, -0.2) is 0 Å². The molecule has 0 bridgehead atoms. The molecule has 1 aliphatic heterocycles. The Hall–Kier alpha value is -0.610. The molecule has 2 fully saturated rings. The Morgan fingerprint density at radius 3 is 2.29 bits per heavy atom. The van der Waals surface area contributed by atoms with E-state index < -0.39 is 5.54 Å². The molecule has 1 saturated heterocycles. The fourth-order valence-electron chi connectivity index (χ4n) is 2.90. The molecule has 0 amide bonds. The Balaban J connectivity index is 2.01. The van der Waals surface area contributed by atoms with Crippen LogP contribution in [0.1, 0.15) is 26.7 Å². The summed E-state index contributed by atoms with van der Waals surface area (Å²) in [6.07, 6.45) is 2.12. The van der Waals surface area contributed by atoms with E-state index in [2.05, 4.69) is 18.7 Å². The third kappa shape index (κ3) is 2.47. The van der Waals surface area contributed by atoms with Crippen molar-refractivity contribution in [1.82, 2.24) is 4.90 Å². The van der Waals surface area contributed by atoms with Crippen LogP contribution in [0.2, 0.25) is 0 Å². The lowest BCUT2D eigenvalue weighted by molar-refractivity contribution is -0.148. The summed E-state index contributed by atoms with van der Waals surface area (Å²) in [4.78, 5) is 14.2. The van der Waals surface area contributed by atoms with Gasteiger partial charge in [-0.15, -0.1) is 0 Å². The molecule has 2 aliphatic rings. The summed E-state index contributed by atoms with van der Waals surface area (Å²) >= 11 is 0. The first kappa shape index (κ1) is 12.8. The van der Waals surface area contributed by atoms with E-state index in [4.69, 9.17) is 10.5 Å². The van der Waals surface area contributed by atoms with E-state index in [1.807, 2.05) is 0 Å². The number of nitrogens with zero attached hydrogens (tertiary/aromatic N) is 1. The van der Waals surface area contributed by atoms with E-state index in [1.54, 1.807) is 0 Å². The van der Waals surface area contributed by atoms with Crippen molar-refractivity contribution in [1.29, 1.82) is 0 Å². The van der Waals surface area contributed by atoms with E-state index in [9.17, 15) is 4.79 Å². The van der Waals surface area contributed by atoms with E-state index in [-0.39, 0.29) is 5.97 Å². The van der Waals surface area contributed by atoms with Crippen LogP contribution in [0, 0.1) is 17.8 Å². The molecule has 0 aromatic heterocycles. The summed E-state index contributed by atoms with van der Waals surface area (Å²) in [6.45, 7) is 7.27. The van der Waals surface area contributed by atoms with Crippen LogP contribution >= 0.6 is 0 Å². The topological polar surface area (TPSA) is 55.6 Å². The molecule has 1 saturated carbocycles. The molecule has 0 aromatic carbocycles. The number of rotatable bonds is 4. The smallest absolute Gasteiger partial charge is 0.327 e. The fraction of sp³-hybridized carbons (Fsp3) is 0.923. The highest BCUT2D eigenvalue weighted by Gasteiger charge is 2.50. The number of hydrogen-bond donors (Lipinski definition) is 1. The van der Waals surface area contributed by atoms with Crippen molar-refractivity contribution in [3.05, 3.63) is 0 Å². The van der Waals surface area contributed by atoms with Crippen molar-refractivity contribution in [2.24, 2.45) is 23.5 Å². The molecule has 4 heteroatoms. The van der Waals surface area contributed by atoms with Gasteiger partial charge < -0.3 is 15.4 Å². The number of methoxy groups -OCH3 is 1. The summed E-state index contributed by atoms with van der Waals surface area (Å²) in [5.74, 6) is 1.46. The minimum Gasteiger partial charge on any atom is -0.468 e. The lowest BCUT2D eigenvalue weighted by atomic mass is 9.94. The highest BCUT2D eigenvalue weighted by atomic mass is 16.5. The van der Waals surface area contributed by atoms with Crippen LogP contribution in [0.15, 0.2) is 0 Å². The van der Waals surface area contributed by atoms with E-state index >= 15 is 0 Å². The molecular weight excluding hydrogens is 216 g/mol. The number of ether oxygens (including phenoxy) is 1. The van der Waals surface area contributed by atoms with Crippen LogP contribution in [0.3, 0.4) is 0 Å². The largest absolute Gasteiger partial charge is 0.468 e. The molecule has 1 aliphatic carbocycles. The van der Waals surface area contributed by atoms with Crippen LogP contribution in [0.25, 0.3) is 0 Å². The van der Waals surface area contributed by atoms with Gasteiger partial charge in [-0.3, -0.25) is 4.79 Å². The number of carbonyl (C=O) groups excluding carboxylic acids is 1. The summed E-state index contributed by atoms with van der Waals surface area (Å²) in [5.41, 5.74) is 5.53. The van der Waals surface area contributed by atoms with Crippen LogP contribution in [-0.4, -0.2) is 43.2 Å². The highest BCUT2D eigenvalue weighted by Crippen LogP contribution is 2.40. The van der Waals surface area contributed by atoms with E-state index in [0.717, 1.165) is 25.9 Å². The SMILES string of the molecule is COC(=O)C(N)(CN1CC(C)C(C)C1)C1CC1. The second-order valence-corrected chi connectivity index (χ2v) is 5.95. The van der Waals surface area contributed by atoms with Gasteiger partial charge in [0, 0.05) is 19.6 Å². The van der Waals surface area contributed by atoms with Crippen LogP contribution in [-0.2, 0) is 9.53 Å². The summed E-state index contributed by atoms with van der Waals surface area (Å²) in [5, 5.41) is 0. The Labute approximate surface area is 103 Å². The van der Waals surface area contributed by atoms with Crippen LogP contribution < -0.4 is 5.73 Å². The number of esters is 1. The molecule has 98 valence electrons. The average Bonchev–Trinajstić information content (AvgIpc) is 3.07. The second kappa shape index (κ2) is 4.58. The van der Waals surface area contributed by atoms with Crippen LogP contribution in [0.5, 0.6) is 0 Å². The molecule has 3 atom stereocenters. The second-order valence-electron chi connectivity index (χ2n) is 5.95. The molecular formula is C13H24N2O2. The van der Waals surface area contributed by atoms with Gasteiger partial charge in [0.2, 0.25) is 0 Å². The maximum absolute atomic E-state index is 11.9. The Kier molecular flexibility index (Phi) is 3.46. The first-order valence-corrected chi connectivity index (χ1v) is 6.57. The quantitative estimate of drug-likeness (QED) is 0.740. The van der Waals surface area contributed by atoms with Gasteiger partial charge >= 0.3 is 5.97 Å². The molecule has 2 rings (SSSR count). The third-order valence-electron chi connectivity index (χ3n) is 4.42. The van der Waals surface area contributed by atoms with Gasteiger partial charge in [-0.05, 0) is 30.6 Å². The molecule has 3 unspecified atom stereocenters. The molecule has 2 N–H and O–H groups in total. The third-order valence-corrected chi connectivity index (χ3v) is 4.42. The summed E-state index contributed by atoms with van der Waals surface area (Å²) in [7, 11) is 1.43. The summed E-state index contributed by atoms with van der Waals surface area (Å²) < 4.78 is 4.89. The van der Waals surface area contributed by atoms with Crippen molar-refractivity contribution >= 4 is 5.97 Å². The van der Waals surface area contributed by atoms with Crippen molar-refractivity contribution in [2.45, 2.75) is 32.2 Å². The van der Waals surface area contributed by atoms with Crippen molar-refractivity contribution < 1.29 is 9.53 Å². The van der Waals surface area contributed by atoms with E-state index in [1.165, 1.54) is 7.11 Å². The number of nitrogens with two attached hydrogens (primary N) is 1. The molecule has 0 aromatic rings. The first-order valence-electron chi connectivity index (χ1n) is 6.57. The molecule has 0 radical (unpaired) electrons. The Morgan fingerprint density at radius 1 is 1.35 bits per heavy atom. The zero-order chi connectivity index (χ0) is 12.6. The Morgan fingerprint density at radius 2 is 1.88 bits per heavy atom. The monoisotopic (exact) mass is 240 g/mol. The maximum atomic E-state index is 11.9. The van der Waals surface area contributed by atoms with Crippen molar-refractivity contribution in [2.75, 3.05) is 26.7 Å². The Bertz CT molecular complexity index is 294. The summed E-state index contributed by atoms with van der Waals surface area (Å²) in [6, 6.07) is 0. The lowest BCUT2D eigenvalue weighted by Gasteiger charge is -2.31. The molecule has 4 nitrogen and oxygen atoms in total. The van der Waals surface area contributed by atoms with Gasteiger partial charge in [-0.2, -0.15) is 0 Å². The first-order chi connectivity index (χ1) is 7.97. The fourth-order valence-corrected chi connectivity index (χ4v) is 2.90. The number of likely N-dealkylation sites (tertiary alicyclic amines) is 1. The van der Waals surface area contributed by atoms with Gasteiger partial charge in [-0.1, -0.05) is 13.8 Å². The zero-order valence-corrected chi connectivity index (χ0v) is 11.1. The average molecular weight is 240 g/mol. The number of hydrogen-bond acceptors (Lipinski definition) is 4. The standard InChI is InChI=1S/C13H24N2O2/c1-9-6-15(7-10(9)2)8-13(14,11-4-5-11)12(16)17-3/h9-11H,4-8,14H2,1-3H3. The minimum atomic E-state index is -0.779. The van der Waals surface area contributed by atoms with Gasteiger partial charge in [0.05, 0.1) is 7.11 Å². The maximum Gasteiger partial charge on any atom is 0.327 e. The van der Waals surface area contributed by atoms with Crippen molar-refractivity contribution in [3.63, 3.8) is 0 Å². The normalized spacial score (nSPS) is 33.4. The molecule has 0 spiro atoms. The van der Waals surface area contributed by atoms with E-state index in [0.29, 0.717) is 24.3 Å². The number of carbonyl (C=O) groups is 1. The molecule has 17 heavy (non-hydrogen) atoms. The van der Waals surface area contributed by atoms with Gasteiger partial charge in [0.15, 0.2) is 0 Å². The highest BCUT2D eigenvalue weighted by molar-refractivity contribution is 5.81. The van der Waals surface area contributed by atoms with Gasteiger partial charge in [0.25, 0.3) is 0 Å². The zero-order valence-electron chi connectivity index (χ0n) is 11.1.